The van der Waals surface area contributed by atoms with E-state index in [9.17, 15) is 4.79 Å². The molecular formula is C17H26O2. The molecule has 19 heavy (non-hydrogen) atoms. The third kappa shape index (κ3) is 3.82. The largest absolute Gasteiger partial charge is 0.481 e. The molecule has 0 heterocycles. The second kappa shape index (κ2) is 5.77. The third-order valence-corrected chi connectivity index (χ3v) is 3.69. The molecule has 0 spiro atoms. The molecular weight excluding hydrogens is 236 g/mol. The van der Waals surface area contributed by atoms with Crippen molar-refractivity contribution in [1.29, 1.82) is 0 Å². The van der Waals surface area contributed by atoms with Crippen molar-refractivity contribution in [2.45, 2.75) is 65.2 Å². The van der Waals surface area contributed by atoms with Gasteiger partial charge in [0, 0.05) is 5.41 Å². The van der Waals surface area contributed by atoms with Gasteiger partial charge in [-0.2, -0.15) is 0 Å². The first-order valence-electron chi connectivity index (χ1n) is 7.01. The Hall–Kier alpha value is -1.31. The highest BCUT2D eigenvalue weighted by atomic mass is 16.4. The number of aliphatic carboxylic acids is 1. The molecule has 0 atom stereocenters. The van der Waals surface area contributed by atoms with Gasteiger partial charge in [-0.1, -0.05) is 59.7 Å². The van der Waals surface area contributed by atoms with Crippen LogP contribution in [0, 0.1) is 0 Å². The van der Waals surface area contributed by atoms with Gasteiger partial charge in [-0.15, -0.1) is 0 Å². The van der Waals surface area contributed by atoms with E-state index in [4.69, 9.17) is 5.11 Å². The molecule has 0 saturated carbocycles. The summed E-state index contributed by atoms with van der Waals surface area (Å²) in [6.45, 7) is 12.7. The van der Waals surface area contributed by atoms with Crippen molar-refractivity contribution in [3.8, 4) is 0 Å². The van der Waals surface area contributed by atoms with E-state index in [-0.39, 0.29) is 11.8 Å². The van der Waals surface area contributed by atoms with Gasteiger partial charge in [0.25, 0.3) is 0 Å². The summed E-state index contributed by atoms with van der Waals surface area (Å²) < 4.78 is 0. The molecule has 0 aliphatic carbocycles. The predicted molar refractivity (Wildman–Crippen MR) is 79.9 cm³/mol. The van der Waals surface area contributed by atoms with E-state index in [0.29, 0.717) is 11.8 Å². The zero-order chi connectivity index (χ0) is 14.8. The summed E-state index contributed by atoms with van der Waals surface area (Å²) in [7, 11) is 0. The number of carboxylic acids is 1. The molecule has 0 aliphatic rings. The lowest BCUT2D eigenvalue weighted by molar-refractivity contribution is -0.138. The summed E-state index contributed by atoms with van der Waals surface area (Å²) in [5, 5.41) is 9.12. The van der Waals surface area contributed by atoms with Crippen LogP contribution in [0.15, 0.2) is 18.2 Å². The second-order valence-electron chi connectivity index (χ2n) is 6.61. The van der Waals surface area contributed by atoms with Crippen LogP contribution in [0.3, 0.4) is 0 Å². The van der Waals surface area contributed by atoms with Crippen LogP contribution in [0.4, 0.5) is 0 Å². The van der Waals surface area contributed by atoms with Crippen molar-refractivity contribution in [3.05, 3.63) is 34.9 Å². The van der Waals surface area contributed by atoms with Gasteiger partial charge >= 0.3 is 5.97 Å². The lowest BCUT2D eigenvalue weighted by Gasteiger charge is -2.29. The quantitative estimate of drug-likeness (QED) is 0.836. The molecule has 0 bridgehead atoms. The van der Waals surface area contributed by atoms with E-state index in [1.54, 1.807) is 0 Å². The number of carboxylic acid groups (broad SMARTS) is 1. The van der Waals surface area contributed by atoms with Gasteiger partial charge in [0.05, 0.1) is 6.42 Å². The van der Waals surface area contributed by atoms with Gasteiger partial charge in [-0.3, -0.25) is 4.79 Å². The Balaban J connectivity index is 3.35. The SMILES string of the molecule is CC(C)c1ccc(C(C)C)c(C(C)(C)CC(=O)O)c1. The van der Waals surface area contributed by atoms with Crippen LogP contribution in [0.2, 0.25) is 0 Å². The summed E-state index contributed by atoms with van der Waals surface area (Å²) in [5.41, 5.74) is 3.38. The molecule has 0 aromatic heterocycles. The lowest BCUT2D eigenvalue weighted by atomic mass is 9.75. The van der Waals surface area contributed by atoms with Crippen LogP contribution < -0.4 is 0 Å². The fourth-order valence-corrected chi connectivity index (χ4v) is 2.50. The minimum absolute atomic E-state index is 0.161. The predicted octanol–water partition coefficient (Wildman–Crippen LogP) is 4.69. The van der Waals surface area contributed by atoms with E-state index in [1.165, 1.54) is 16.7 Å². The molecule has 0 amide bonds. The van der Waals surface area contributed by atoms with Crippen LogP contribution in [0.1, 0.15) is 76.5 Å². The molecule has 0 aliphatic heterocycles. The molecule has 1 rings (SSSR count). The van der Waals surface area contributed by atoms with Crippen LogP contribution in [-0.2, 0) is 10.2 Å². The van der Waals surface area contributed by atoms with Gasteiger partial charge in [0.15, 0.2) is 0 Å². The molecule has 106 valence electrons. The minimum atomic E-state index is -0.741. The molecule has 0 fully saturated rings. The average molecular weight is 262 g/mol. The highest BCUT2D eigenvalue weighted by Crippen LogP contribution is 2.35. The van der Waals surface area contributed by atoms with Crippen LogP contribution in [0.25, 0.3) is 0 Å². The number of rotatable bonds is 5. The van der Waals surface area contributed by atoms with E-state index in [2.05, 4.69) is 45.9 Å². The molecule has 1 aromatic carbocycles. The molecule has 0 unspecified atom stereocenters. The molecule has 0 saturated heterocycles. The minimum Gasteiger partial charge on any atom is -0.481 e. The van der Waals surface area contributed by atoms with Gasteiger partial charge in [-0.25, -0.2) is 0 Å². The van der Waals surface area contributed by atoms with E-state index < -0.39 is 5.97 Å². The van der Waals surface area contributed by atoms with Crippen LogP contribution in [0.5, 0.6) is 0 Å². The van der Waals surface area contributed by atoms with Crippen molar-refractivity contribution >= 4 is 5.97 Å². The highest BCUT2D eigenvalue weighted by molar-refractivity contribution is 5.69. The number of hydrogen-bond acceptors (Lipinski definition) is 1. The first-order chi connectivity index (χ1) is 8.65. The van der Waals surface area contributed by atoms with Crippen molar-refractivity contribution in [2.75, 3.05) is 0 Å². The van der Waals surface area contributed by atoms with Gasteiger partial charge in [0.2, 0.25) is 0 Å². The van der Waals surface area contributed by atoms with Gasteiger partial charge in [-0.05, 0) is 28.5 Å². The summed E-state index contributed by atoms with van der Waals surface area (Å²) >= 11 is 0. The Morgan fingerprint density at radius 1 is 1.16 bits per heavy atom. The van der Waals surface area contributed by atoms with Gasteiger partial charge < -0.3 is 5.11 Å². The van der Waals surface area contributed by atoms with Crippen molar-refractivity contribution in [2.24, 2.45) is 0 Å². The smallest absolute Gasteiger partial charge is 0.304 e. The second-order valence-corrected chi connectivity index (χ2v) is 6.61. The molecule has 1 N–H and O–H groups in total. The Kier molecular flexibility index (Phi) is 4.78. The number of benzene rings is 1. The zero-order valence-corrected chi connectivity index (χ0v) is 12.9. The normalized spacial score (nSPS) is 12.2. The average Bonchev–Trinajstić information content (AvgIpc) is 2.26. The molecule has 0 radical (unpaired) electrons. The summed E-state index contributed by atoms with van der Waals surface area (Å²) in [5.74, 6) is 0.125. The lowest BCUT2D eigenvalue weighted by Crippen LogP contribution is -2.24. The molecule has 1 aromatic rings. The first-order valence-corrected chi connectivity index (χ1v) is 7.01. The highest BCUT2D eigenvalue weighted by Gasteiger charge is 2.27. The Bertz CT molecular complexity index is 456. The maximum Gasteiger partial charge on any atom is 0.304 e. The fourth-order valence-electron chi connectivity index (χ4n) is 2.50. The fraction of sp³-hybridized carbons (Fsp3) is 0.588. The number of hydrogen-bond donors (Lipinski definition) is 1. The first kappa shape index (κ1) is 15.7. The van der Waals surface area contributed by atoms with Crippen molar-refractivity contribution in [1.82, 2.24) is 0 Å². The topological polar surface area (TPSA) is 37.3 Å². The van der Waals surface area contributed by atoms with Crippen molar-refractivity contribution in [3.63, 3.8) is 0 Å². The van der Waals surface area contributed by atoms with E-state index >= 15 is 0 Å². The summed E-state index contributed by atoms with van der Waals surface area (Å²) in [6, 6.07) is 6.53. The molecule has 2 nitrogen and oxygen atoms in total. The van der Waals surface area contributed by atoms with Crippen LogP contribution >= 0.6 is 0 Å². The maximum absolute atomic E-state index is 11.1. The molecule has 2 heteroatoms. The van der Waals surface area contributed by atoms with E-state index in [1.807, 2.05) is 13.8 Å². The summed E-state index contributed by atoms with van der Waals surface area (Å²) in [4.78, 5) is 11.1. The maximum atomic E-state index is 11.1. The third-order valence-electron chi connectivity index (χ3n) is 3.69. The van der Waals surface area contributed by atoms with Gasteiger partial charge in [0.1, 0.15) is 0 Å². The number of carbonyl (C=O) groups is 1. The monoisotopic (exact) mass is 262 g/mol. The van der Waals surface area contributed by atoms with Crippen molar-refractivity contribution < 1.29 is 9.90 Å². The van der Waals surface area contributed by atoms with Crippen LogP contribution in [-0.4, -0.2) is 11.1 Å². The summed E-state index contributed by atoms with van der Waals surface area (Å²) in [6.07, 6.45) is 0.161. The standard InChI is InChI=1S/C17H26O2/c1-11(2)13-7-8-14(12(3)4)15(9-13)17(5,6)10-16(18)19/h7-9,11-12H,10H2,1-6H3,(H,18,19). The Morgan fingerprint density at radius 2 is 1.74 bits per heavy atom. The Morgan fingerprint density at radius 3 is 2.16 bits per heavy atom. The Labute approximate surface area is 116 Å². The van der Waals surface area contributed by atoms with E-state index in [0.717, 1.165) is 0 Å². The zero-order valence-electron chi connectivity index (χ0n) is 12.9.